The summed E-state index contributed by atoms with van der Waals surface area (Å²) in [6.07, 6.45) is 1.94. The quantitative estimate of drug-likeness (QED) is 0.894. The zero-order valence-electron chi connectivity index (χ0n) is 13.3. The van der Waals surface area contributed by atoms with Crippen molar-refractivity contribution in [1.82, 2.24) is 15.2 Å². The molecule has 0 radical (unpaired) electrons. The highest BCUT2D eigenvalue weighted by Gasteiger charge is 2.20. The van der Waals surface area contributed by atoms with Gasteiger partial charge in [0.05, 0.1) is 0 Å². The summed E-state index contributed by atoms with van der Waals surface area (Å²) in [5.41, 5.74) is 1.32. The molecular weight excluding hydrogens is 248 g/mol. The van der Waals surface area contributed by atoms with Crippen LogP contribution in [0.15, 0.2) is 18.3 Å². The zero-order valence-corrected chi connectivity index (χ0v) is 13.3. The summed E-state index contributed by atoms with van der Waals surface area (Å²) in [4.78, 5) is 9.49. The van der Waals surface area contributed by atoms with E-state index in [1.807, 2.05) is 6.20 Å². The molecule has 0 aliphatic carbocycles. The maximum atomic E-state index is 4.56. The summed E-state index contributed by atoms with van der Waals surface area (Å²) >= 11 is 0. The molecular formula is C16H28N4. The molecule has 1 N–H and O–H groups in total. The highest BCUT2D eigenvalue weighted by Crippen LogP contribution is 2.19. The Morgan fingerprint density at radius 1 is 1.20 bits per heavy atom. The molecule has 4 nitrogen and oxygen atoms in total. The van der Waals surface area contributed by atoms with Gasteiger partial charge in [-0.1, -0.05) is 6.92 Å². The summed E-state index contributed by atoms with van der Waals surface area (Å²) in [5, 5.41) is 3.46. The Hall–Kier alpha value is -1.13. The second kappa shape index (κ2) is 7.04. The first-order chi connectivity index (χ1) is 9.61. The lowest BCUT2D eigenvalue weighted by molar-refractivity contribution is 0.209. The third-order valence-corrected chi connectivity index (χ3v) is 4.15. The normalized spacial score (nSPS) is 18.6. The van der Waals surface area contributed by atoms with Crippen molar-refractivity contribution in [3.8, 4) is 0 Å². The van der Waals surface area contributed by atoms with Crippen molar-refractivity contribution in [3.63, 3.8) is 0 Å². The Morgan fingerprint density at radius 3 is 2.50 bits per heavy atom. The van der Waals surface area contributed by atoms with Gasteiger partial charge in [-0.05, 0) is 45.0 Å². The molecule has 2 rings (SSSR count). The first-order valence-corrected chi connectivity index (χ1v) is 7.80. The van der Waals surface area contributed by atoms with E-state index in [0.29, 0.717) is 12.1 Å². The summed E-state index contributed by atoms with van der Waals surface area (Å²) in [5.74, 6) is 1.12. The van der Waals surface area contributed by atoms with Crippen molar-refractivity contribution in [2.24, 2.45) is 0 Å². The van der Waals surface area contributed by atoms with E-state index >= 15 is 0 Å². The van der Waals surface area contributed by atoms with Crippen LogP contribution < -0.4 is 10.2 Å². The van der Waals surface area contributed by atoms with Gasteiger partial charge in [-0.25, -0.2) is 4.98 Å². The van der Waals surface area contributed by atoms with Gasteiger partial charge in [0.1, 0.15) is 5.82 Å². The minimum atomic E-state index is 0.388. The van der Waals surface area contributed by atoms with E-state index in [2.05, 4.69) is 59.9 Å². The number of hydrogen-bond acceptors (Lipinski definition) is 4. The van der Waals surface area contributed by atoms with Crippen LogP contribution in [0.2, 0.25) is 0 Å². The van der Waals surface area contributed by atoms with Crippen LogP contribution in [0.4, 0.5) is 5.82 Å². The minimum Gasteiger partial charge on any atom is -0.354 e. The molecule has 4 heteroatoms. The molecule has 0 bridgehead atoms. The van der Waals surface area contributed by atoms with E-state index in [9.17, 15) is 0 Å². The molecule has 1 saturated heterocycles. The highest BCUT2D eigenvalue weighted by atomic mass is 15.3. The van der Waals surface area contributed by atoms with Gasteiger partial charge in [0.2, 0.25) is 0 Å². The van der Waals surface area contributed by atoms with Crippen LogP contribution in [0.1, 0.15) is 39.3 Å². The molecule has 1 aromatic heterocycles. The predicted octanol–water partition coefficient (Wildman–Crippen LogP) is 2.28. The number of rotatable bonds is 5. The third kappa shape index (κ3) is 3.70. The van der Waals surface area contributed by atoms with E-state index in [0.717, 1.165) is 38.5 Å². The number of aromatic nitrogens is 1. The van der Waals surface area contributed by atoms with Crippen molar-refractivity contribution in [2.45, 2.75) is 39.8 Å². The van der Waals surface area contributed by atoms with Crippen LogP contribution in [0.3, 0.4) is 0 Å². The standard InChI is InChI=1S/C16H28N4/c1-5-17-14(4)15-6-7-18-16(12-15)20-10-8-19(9-11-20)13(2)3/h6-7,12-14,17H,5,8-11H2,1-4H3. The largest absolute Gasteiger partial charge is 0.354 e. The molecule has 0 saturated carbocycles. The van der Waals surface area contributed by atoms with Crippen molar-refractivity contribution < 1.29 is 0 Å². The number of nitrogens with zero attached hydrogens (tertiary/aromatic N) is 3. The fourth-order valence-corrected chi connectivity index (χ4v) is 2.77. The predicted molar refractivity (Wildman–Crippen MR) is 85.3 cm³/mol. The number of hydrogen-bond donors (Lipinski definition) is 1. The Bertz CT molecular complexity index is 411. The molecule has 0 spiro atoms. The summed E-state index contributed by atoms with van der Waals surface area (Å²) < 4.78 is 0. The average molecular weight is 276 g/mol. The Labute approximate surface area is 123 Å². The van der Waals surface area contributed by atoms with Gasteiger partial charge in [-0.15, -0.1) is 0 Å². The van der Waals surface area contributed by atoms with Gasteiger partial charge >= 0.3 is 0 Å². The van der Waals surface area contributed by atoms with Crippen LogP contribution >= 0.6 is 0 Å². The van der Waals surface area contributed by atoms with E-state index in [1.165, 1.54) is 5.56 Å². The number of pyridine rings is 1. The minimum absolute atomic E-state index is 0.388. The van der Waals surface area contributed by atoms with Gasteiger partial charge < -0.3 is 10.2 Å². The monoisotopic (exact) mass is 276 g/mol. The van der Waals surface area contributed by atoms with Crippen LogP contribution in [0, 0.1) is 0 Å². The maximum absolute atomic E-state index is 4.56. The number of piperazine rings is 1. The molecule has 0 amide bonds. The smallest absolute Gasteiger partial charge is 0.128 e. The maximum Gasteiger partial charge on any atom is 0.128 e. The Kier molecular flexibility index (Phi) is 5.38. The lowest BCUT2D eigenvalue weighted by Crippen LogP contribution is -2.49. The second-order valence-corrected chi connectivity index (χ2v) is 5.84. The molecule has 20 heavy (non-hydrogen) atoms. The van der Waals surface area contributed by atoms with Crippen molar-refractivity contribution in [2.75, 3.05) is 37.6 Å². The molecule has 0 aromatic carbocycles. The second-order valence-electron chi connectivity index (χ2n) is 5.84. The first kappa shape index (κ1) is 15.3. The Morgan fingerprint density at radius 2 is 1.90 bits per heavy atom. The molecule has 1 aromatic rings. The van der Waals surface area contributed by atoms with Crippen molar-refractivity contribution in [3.05, 3.63) is 23.9 Å². The van der Waals surface area contributed by atoms with E-state index in [-0.39, 0.29) is 0 Å². The SMILES string of the molecule is CCNC(C)c1ccnc(N2CCN(C(C)C)CC2)c1. The van der Waals surface area contributed by atoms with Gasteiger partial charge in [-0.3, -0.25) is 4.90 Å². The van der Waals surface area contributed by atoms with Gasteiger partial charge in [-0.2, -0.15) is 0 Å². The van der Waals surface area contributed by atoms with E-state index in [4.69, 9.17) is 0 Å². The van der Waals surface area contributed by atoms with Crippen LogP contribution in [0.5, 0.6) is 0 Å². The highest BCUT2D eigenvalue weighted by molar-refractivity contribution is 5.42. The van der Waals surface area contributed by atoms with Crippen molar-refractivity contribution in [1.29, 1.82) is 0 Å². The number of anilines is 1. The lowest BCUT2D eigenvalue weighted by Gasteiger charge is -2.37. The summed E-state index contributed by atoms with van der Waals surface area (Å²) in [7, 11) is 0. The van der Waals surface area contributed by atoms with E-state index < -0.39 is 0 Å². The molecule has 1 unspecified atom stereocenters. The Balaban J connectivity index is 2.01. The van der Waals surface area contributed by atoms with Crippen LogP contribution in [-0.4, -0.2) is 48.6 Å². The molecule has 1 atom stereocenters. The third-order valence-electron chi connectivity index (χ3n) is 4.15. The van der Waals surface area contributed by atoms with Crippen LogP contribution in [0.25, 0.3) is 0 Å². The zero-order chi connectivity index (χ0) is 14.5. The van der Waals surface area contributed by atoms with Gasteiger partial charge in [0.15, 0.2) is 0 Å². The molecule has 1 aliphatic heterocycles. The molecule has 2 heterocycles. The van der Waals surface area contributed by atoms with Crippen LogP contribution in [-0.2, 0) is 0 Å². The average Bonchev–Trinajstić information content (AvgIpc) is 2.48. The lowest BCUT2D eigenvalue weighted by atomic mass is 10.1. The molecule has 1 aliphatic rings. The molecule has 1 fully saturated rings. The summed E-state index contributed by atoms with van der Waals surface area (Å²) in [6, 6.07) is 5.38. The summed E-state index contributed by atoms with van der Waals surface area (Å²) in [6.45, 7) is 14.3. The fraction of sp³-hybridized carbons (Fsp3) is 0.688. The van der Waals surface area contributed by atoms with Gasteiger partial charge in [0, 0.05) is 44.5 Å². The van der Waals surface area contributed by atoms with Gasteiger partial charge in [0.25, 0.3) is 0 Å². The first-order valence-electron chi connectivity index (χ1n) is 7.80. The fourth-order valence-electron chi connectivity index (χ4n) is 2.77. The van der Waals surface area contributed by atoms with Crippen molar-refractivity contribution >= 4 is 5.82 Å². The molecule has 112 valence electrons. The topological polar surface area (TPSA) is 31.4 Å². The number of nitrogens with one attached hydrogen (secondary N) is 1. The van der Waals surface area contributed by atoms with E-state index in [1.54, 1.807) is 0 Å².